The molecule has 3 fully saturated rings. The Labute approximate surface area is 147 Å². The normalized spacial score (nSPS) is 51.2. The van der Waals surface area contributed by atoms with E-state index < -0.39 is 5.60 Å². The van der Waals surface area contributed by atoms with Gasteiger partial charge in [0.15, 0.2) is 5.78 Å². The highest BCUT2D eigenvalue weighted by Gasteiger charge is 2.62. The fourth-order valence-electron chi connectivity index (χ4n) is 7.48. The maximum absolute atomic E-state index is 12.4. The summed E-state index contributed by atoms with van der Waals surface area (Å²) in [5.41, 5.74) is 2.56. The second kappa shape index (κ2) is 5.19. The molecule has 0 spiro atoms. The van der Waals surface area contributed by atoms with E-state index in [1.54, 1.807) is 0 Å². The monoisotopic (exact) mass is 330 g/mol. The van der Waals surface area contributed by atoms with E-state index in [0.717, 1.165) is 50.4 Å². The summed E-state index contributed by atoms with van der Waals surface area (Å²) in [7, 11) is 0. The lowest BCUT2D eigenvalue weighted by Crippen LogP contribution is -2.54. The van der Waals surface area contributed by atoms with Crippen molar-refractivity contribution >= 4 is 5.78 Å². The Morgan fingerprint density at radius 2 is 1.71 bits per heavy atom. The highest BCUT2D eigenvalue weighted by atomic mass is 16.3. The zero-order chi connectivity index (χ0) is 17.3. The van der Waals surface area contributed by atoms with Crippen molar-refractivity contribution < 1.29 is 9.90 Å². The van der Waals surface area contributed by atoms with Crippen LogP contribution in [-0.2, 0) is 4.79 Å². The molecule has 134 valence electrons. The number of allylic oxidation sites excluding steroid dienone is 1. The van der Waals surface area contributed by atoms with E-state index in [2.05, 4.69) is 27.7 Å². The largest absolute Gasteiger partial charge is 0.390 e. The second-order valence-corrected chi connectivity index (χ2v) is 9.84. The molecule has 24 heavy (non-hydrogen) atoms. The fraction of sp³-hybridized carbons (Fsp3) is 0.864. The number of aliphatic hydroxyl groups is 1. The molecule has 4 rings (SSSR count). The number of rotatable bonds is 1. The molecule has 4 aliphatic carbocycles. The molecule has 2 nitrogen and oxygen atoms in total. The molecule has 0 unspecified atom stereocenters. The quantitative estimate of drug-likeness (QED) is 0.730. The Morgan fingerprint density at radius 3 is 2.42 bits per heavy atom. The fourth-order valence-corrected chi connectivity index (χ4v) is 7.48. The Balaban J connectivity index is 1.73. The van der Waals surface area contributed by atoms with Gasteiger partial charge in [-0.2, -0.15) is 0 Å². The number of hydrogen-bond acceptors (Lipinski definition) is 2. The Hall–Kier alpha value is -0.630. The van der Waals surface area contributed by atoms with Crippen molar-refractivity contribution in [3.8, 4) is 0 Å². The van der Waals surface area contributed by atoms with Crippen LogP contribution in [0.2, 0.25) is 0 Å². The first-order valence-electron chi connectivity index (χ1n) is 10.2. The van der Waals surface area contributed by atoms with E-state index in [-0.39, 0.29) is 10.8 Å². The van der Waals surface area contributed by atoms with Crippen molar-refractivity contribution in [1.82, 2.24) is 0 Å². The van der Waals surface area contributed by atoms with Gasteiger partial charge in [-0.05, 0) is 92.4 Å². The summed E-state index contributed by atoms with van der Waals surface area (Å²) in [6.45, 7) is 9.06. The smallest absolute Gasteiger partial charge is 0.158 e. The van der Waals surface area contributed by atoms with Gasteiger partial charge in [0.05, 0.1) is 5.60 Å². The zero-order valence-electron chi connectivity index (χ0n) is 16.0. The van der Waals surface area contributed by atoms with E-state index in [1.165, 1.54) is 30.4 Å². The predicted octanol–water partition coefficient (Wildman–Crippen LogP) is 5.05. The molecule has 3 saturated carbocycles. The highest BCUT2D eigenvalue weighted by Crippen LogP contribution is 2.67. The molecule has 0 amide bonds. The van der Waals surface area contributed by atoms with E-state index in [9.17, 15) is 9.90 Å². The van der Waals surface area contributed by atoms with Gasteiger partial charge in [-0.25, -0.2) is 0 Å². The topological polar surface area (TPSA) is 37.3 Å². The molecule has 0 radical (unpaired) electrons. The maximum atomic E-state index is 12.4. The predicted molar refractivity (Wildman–Crippen MR) is 96.6 cm³/mol. The van der Waals surface area contributed by atoms with Gasteiger partial charge < -0.3 is 5.11 Å². The van der Waals surface area contributed by atoms with Crippen molar-refractivity contribution in [3.63, 3.8) is 0 Å². The van der Waals surface area contributed by atoms with Crippen molar-refractivity contribution in [3.05, 3.63) is 11.1 Å². The molecule has 0 aromatic carbocycles. The first-order chi connectivity index (χ1) is 11.2. The van der Waals surface area contributed by atoms with Gasteiger partial charge >= 0.3 is 0 Å². The minimum absolute atomic E-state index is 0.101. The molecular weight excluding hydrogens is 296 g/mol. The second-order valence-electron chi connectivity index (χ2n) is 9.84. The zero-order valence-corrected chi connectivity index (χ0v) is 16.0. The van der Waals surface area contributed by atoms with Crippen LogP contribution >= 0.6 is 0 Å². The third-order valence-corrected chi connectivity index (χ3v) is 9.16. The van der Waals surface area contributed by atoms with E-state index in [4.69, 9.17) is 0 Å². The Morgan fingerprint density at radius 1 is 1.00 bits per heavy atom. The van der Waals surface area contributed by atoms with Gasteiger partial charge in [0, 0.05) is 6.42 Å². The number of carbonyl (C=O) groups excluding carboxylic acids is 1. The first kappa shape index (κ1) is 16.8. The van der Waals surface area contributed by atoms with Crippen LogP contribution in [0.15, 0.2) is 11.1 Å². The van der Waals surface area contributed by atoms with Crippen LogP contribution in [0.3, 0.4) is 0 Å². The van der Waals surface area contributed by atoms with Crippen molar-refractivity contribution in [1.29, 1.82) is 0 Å². The number of Topliss-reactive ketones (excluding diaryl/α,β-unsaturated/α-hetero) is 1. The molecule has 1 N–H and O–H groups in total. The Kier molecular flexibility index (Phi) is 3.64. The van der Waals surface area contributed by atoms with E-state index in [1.807, 2.05) is 0 Å². The minimum atomic E-state index is -0.489. The maximum Gasteiger partial charge on any atom is 0.158 e. The Bertz CT molecular complexity index is 601. The standard InChI is InChI=1S/C22H34O2/c1-5-14-16-7-6-15-17(20(16,2)11-10-19(14)23)8-12-21(3)18(15)9-13-22(21,4)24/h15,17-18,24H,5-13H2,1-4H3/t15-,17-,18+,20+,21+,22-/m0/s1. The van der Waals surface area contributed by atoms with Crippen molar-refractivity contribution in [2.24, 2.45) is 28.6 Å². The number of carbonyl (C=O) groups is 1. The molecule has 4 aliphatic rings. The number of ketones is 1. The van der Waals surface area contributed by atoms with Crippen molar-refractivity contribution in [2.75, 3.05) is 0 Å². The summed E-state index contributed by atoms with van der Waals surface area (Å²) < 4.78 is 0. The summed E-state index contributed by atoms with van der Waals surface area (Å²) in [5, 5.41) is 11.0. The van der Waals surface area contributed by atoms with Crippen molar-refractivity contribution in [2.45, 2.75) is 91.1 Å². The lowest BCUT2D eigenvalue weighted by Gasteiger charge is -2.59. The minimum Gasteiger partial charge on any atom is -0.390 e. The van der Waals surface area contributed by atoms with E-state index >= 15 is 0 Å². The van der Waals surface area contributed by atoms with Gasteiger partial charge in [-0.1, -0.05) is 26.3 Å². The molecule has 0 heterocycles. The lowest BCUT2D eigenvalue weighted by atomic mass is 9.46. The number of hydrogen-bond donors (Lipinski definition) is 1. The summed E-state index contributed by atoms with van der Waals surface area (Å²) in [6.07, 6.45) is 9.65. The van der Waals surface area contributed by atoms with Crippen LogP contribution in [-0.4, -0.2) is 16.5 Å². The SMILES string of the molecule is CCC1=C2CC[C@@H]3[C@H]4CC[C@](C)(O)[C@]4(C)CC[C@@H]3[C@]2(C)CCC1=O. The molecular formula is C22H34O2. The van der Waals surface area contributed by atoms with Gasteiger partial charge in [0.25, 0.3) is 0 Å². The van der Waals surface area contributed by atoms with Gasteiger partial charge in [0.1, 0.15) is 0 Å². The van der Waals surface area contributed by atoms with Crippen LogP contribution in [0.4, 0.5) is 0 Å². The first-order valence-corrected chi connectivity index (χ1v) is 10.2. The van der Waals surface area contributed by atoms with E-state index in [0.29, 0.717) is 11.7 Å². The summed E-state index contributed by atoms with van der Waals surface area (Å²) >= 11 is 0. The molecule has 0 bridgehead atoms. The molecule has 2 heteroatoms. The van der Waals surface area contributed by atoms with Crippen LogP contribution in [0.1, 0.15) is 85.5 Å². The van der Waals surface area contributed by atoms with Crippen LogP contribution in [0, 0.1) is 28.6 Å². The summed E-state index contributed by atoms with van der Waals surface area (Å²) in [6, 6.07) is 0. The van der Waals surface area contributed by atoms with Gasteiger partial charge in [0.2, 0.25) is 0 Å². The molecule has 6 atom stereocenters. The molecule has 0 aliphatic heterocycles. The van der Waals surface area contributed by atoms with Gasteiger partial charge in [-0.15, -0.1) is 0 Å². The third-order valence-electron chi connectivity index (χ3n) is 9.16. The number of fused-ring (bicyclic) bond motifs is 5. The highest BCUT2D eigenvalue weighted by molar-refractivity contribution is 5.97. The summed E-state index contributed by atoms with van der Waals surface area (Å²) in [5.74, 6) is 2.57. The average Bonchev–Trinajstić information content (AvgIpc) is 2.78. The van der Waals surface area contributed by atoms with Crippen LogP contribution in [0.5, 0.6) is 0 Å². The summed E-state index contributed by atoms with van der Waals surface area (Å²) in [4.78, 5) is 12.4. The average molecular weight is 331 g/mol. The van der Waals surface area contributed by atoms with Gasteiger partial charge in [-0.3, -0.25) is 4.79 Å². The molecule has 0 aromatic heterocycles. The molecule has 0 saturated heterocycles. The third kappa shape index (κ3) is 1.95. The van der Waals surface area contributed by atoms with Crippen LogP contribution in [0.25, 0.3) is 0 Å². The lowest BCUT2D eigenvalue weighted by molar-refractivity contribution is -0.125. The van der Waals surface area contributed by atoms with Crippen LogP contribution < -0.4 is 0 Å². The molecule has 0 aromatic rings.